The Kier molecular flexibility index (Phi) is 3.49. The summed E-state index contributed by atoms with van der Waals surface area (Å²) in [5.41, 5.74) is 0. The van der Waals surface area contributed by atoms with E-state index in [9.17, 15) is 0 Å². The van der Waals surface area contributed by atoms with Crippen LogP contribution in [-0.2, 0) is 4.74 Å². The van der Waals surface area contributed by atoms with Crippen LogP contribution in [0.3, 0.4) is 0 Å². The van der Waals surface area contributed by atoms with Crippen molar-refractivity contribution in [2.24, 2.45) is 5.92 Å². The molecule has 0 aromatic carbocycles. The summed E-state index contributed by atoms with van der Waals surface area (Å²) in [6.45, 7) is 0.992. The number of hydrogen-bond acceptors (Lipinski definition) is 2. The third kappa shape index (κ3) is 2.60. The molecule has 0 aromatic rings. The smallest absolute Gasteiger partial charge is 0.0757 e. The van der Waals surface area contributed by atoms with Crippen molar-refractivity contribution in [1.82, 2.24) is 5.32 Å². The first-order valence-electron chi connectivity index (χ1n) is 7.31. The van der Waals surface area contributed by atoms with Crippen LogP contribution in [0, 0.1) is 5.92 Å². The maximum atomic E-state index is 5.90. The summed E-state index contributed by atoms with van der Waals surface area (Å²) in [5.74, 6) is 0.894. The van der Waals surface area contributed by atoms with E-state index < -0.39 is 0 Å². The molecule has 2 heteroatoms. The van der Waals surface area contributed by atoms with Gasteiger partial charge in [0.15, 0.2) is 0 Å². The van der Waals surface area contributed by atoms with Gasteiger partial charge >= 0.3 is 0 Å². The minimum atomic E-state index is 0.559. The highest BCUT2D eigenvalue weighted by molar-refractivity contribution is 4.94. The highest BCUT2D eigenvalue weighted by atomic mass is 16.5. The fourth-order valence-electron chi connectivity index (χ4n) is 3.43. The standard InChI is InChI=1S/C14H25NO/c1-2-4-6-12(5-3-1)15-13-9-10-16-14(13)11-7-8-11/h11-15H,1-10H2. The van der Waals surface area contributed by atoms with Crippen molar-refractivity contribution in [3.8, 4) is 0 Å². The molecule has 0 spiro atoms. The Hall–Kier alpha value is -0.0800. The molecule has 1 saturated heterocycles. The molecule has 3 fully saturated rings. The van der Waals surface area contributed by atoms with Crippen LogP contribution in [-0.4, -0.2) is 24.8 Å². The first kappa shape index (κ1) is 11.0. The molecule has 3 rings (SSSR count). The molecule has 1 heterocycles. The van der Waals surface area contributed by atoms with Gasteiger partial charge in [-0.1, -0.05) is 25.7 Å². The zero-order chi connectivity index (χ0) is 10.8. The maximum Gasteiger partial charge on any atom is 0.0757 e. The van der Waals surface area contributed by atoms with Crippen LogP contribution < -0.4 is 5.32 Å². The predicted molar refractivity (Wildman–Crippen MR) is 65.5 cm³/mol. The van der Waals surface area contributed by atoms with E-state index >= 15 is 0 Å². The Labute approximate surface area is 99.1 Å². The van der Waals surface area contributed by atoms with E-state index in [2.05, 4.69) is 5.32 Å². The molecule has 1 N–H and O–H groups in total. The van der Waals surface area contributed by atoms with E-state index in [0.717, 1.165) is 18.6 Å². The lowest BCUT2D eigenvalue weighted by Crippen LogP contribution is -2.43. The Balaban J connectivity index is 1.51. The van der Waals surface area contributed by atoms with Crippen molar-refractivity contribution in [1.29, 1.82) is 0 Å². The van der Waals surface area contributed by atoms with E-state index in [4.69, 9.17) is 4.74 Å². The van der Waals surface area contributed by atoms with Crippen LogP contribution in [0.2, 0.25) is 0 Å². The molecule has 2 aliphatic carbocycles. The molecule has 2 atom stereocenters. The minimum absolute atomic E-state index is 0.559. The van der Waals surface area contributed by atoms with Gasteiger partial charge in [-0.15, -0.1) is 0 Å². The van der Waals surface area contributed by atoms with Gasteiger partial charge in [0.1, 0.15) is 0 Å². The normalized spacial score (nSPS) is 37.5. The zero-order valence-corrected chi connectivity index (χ0v) is 10.3. The quantitative estimate of drug-likeness (QED) is 0.743. The summed E-state index contributed by atoms with van der Waals surface area (Å²) in [5, 5.41) is 3.90. The first-order chi connectivity index (χ1) is 7.93. The lowest BCUT2D eigenvalue weighted by atomic mass is 10.0. The van der Waals surface area contributed by atoms with Crippen molar-refractivity contribution in [3.63, 3.8) is 0 Å². The molecule has 16 heavy (non-hydrogen) atoms. The summed E-state index contributed by atoms with van der Waals surface area (Å²) in [7, 11) is 0. The van der Waals surface area contributed by atoms with Crippen molar-refractivity contribution in [2.75, 3.05) is 6.61 Å². The van der Waals surface area contributed by atoms with Crippen LogP contribution in [0.1, 0.15) is 57.8 Å². The van der Waals surface area contributed by atoms with Crippen LogP contribution >= 0.6 is 0 Å². The second-order valence-corrected chi connectivity index (χ2v) is 5.92. The zero-order valence-electron chi connectivity index (χ0n) is 10.3. The molecule has 0 aromatic heterocycles. The van der Waals surface area contributed by atoms with Gasteiger partial charge in [0.25, 0.3) is 0 Å². The minimum Gasteiger partial charge on any atom is -0.376 e. The van der Waals surface area contributed by atoms with Gasteiger partial charge < -0.3 is 10.1 Å². The van der Waals surface area contributed by atoms with Gasteiger partial charge in [-0.2, -0.15) is 0 Å². The summed E-state index contributed by atoms with van der Waals surface area (Å²) in [6, 6.07) is 1.46. The van der Waals surface area contributed by atoms with Crippen LogP contribution in [0.4, 0.5) is 0 Å². The van der Waals surface area contributed by atoms with Gasteiger partial charge in [0.05, 0.1) is 6.10 Å². The molecule has 2 nitrogen and oxygen atoms in total. The molecule has 2 saturated carbocycles. The van der Waals surface area contributed by atoms with Crippen LogP contribution in [0.5, 0.6) is 0 Å². The average molecular weight is 223 g/mol. The van der Waals surface area contributed by atoms with Gasteiger partial charge in [-0.05, 0) is 38.0 Å². The van der Waals surface area contributed by atoms with Crippen molar-refractivity contribution < 1.29 is 4.74 Å². The second-order valence-electron chi connectivity index (χ2n) is 5.92. The molecule has 3 aliphatic rings. The summed E-state index contributed by atoms with van der Waals surface area (Å²) in [6.07, 6.45) is 13.2. The Bertz CT molecular complexity index is 219. The summed E-state index contributed by atoms with van der Waals surface area (Å²) < 4.78 is 5.90. The molecule has 1 aliphatic heterocycles. The van der Waals surface area contributed by atoms with E-state index in [0.29, 0.717) is 12.1 Å². The van der Waals surface area contributed by atoms with Crippen molar-refractivity contribution >= 4 is 0 Å². The molecule has 2 unspecified atom stereocenters. The number of nitrogens with one attached hydrogen (secondary N) is 1. The summed E-state index contributed by atoms with van der Waals surface area (Å²) in [4.78, 5) is 0. The number of ether oxygens (including phenoxy) is 1. The van der Waals surface area contributed by atoms with Crippen LogP contribution in [0.15, 0.2) is 0 Å². The predicted octanol–water partition coefficient (Wildman–Crippen LogP) is 2.87. The summed E-state index contributed by atoms with van der Waals surface area (Å²) >= 11 is 0. The van der Waals surface area contributed by atoms with Gasteiger partial charge in [-0.3, -0.25) is 0 Å². The molecular weight excluding hydrogens is 198 g/mol. The average Bonchev–Trinajstić information content (AvgIpc) is 3.07. The highest BCUT2D eigenvalue weighted by Gasteiger charge is 2.41. The van der Waals surface area contributed by atoms with Gasteiger partial charge in [-0.25, -0.2) is 0 Å². The maximum absolute atomic E-state index is 5.90. The third-order valence-electron chi connectivity index (χ3n) is 4.53. The molecular formula is C14H25NO. The second kappa shape index (κ2) is 5.05. The lowest BCUT2D eigenvalue weighted by Gasteiger charge is -2.25. The van der Waals surface area contributed by atoms with E-state index in [1.807, 2.05) is 0 Å². The topological polar surface area (TPSA) is 21.3 Å². The Morgan fingerprint density at radius 3 is 2.25 bits per heavy atom. The highest BCUT2D eigenvalue weighted by Crippen LogP contribution is 2.39. The first-order valence-corrected chi connectivity index (χ1v) is 7.31. The lowest BCUT2D eigenvalue weighted by molar-refractivity contribution is 0.0784. The molecule has 0 bridgehead atoms. The van der Waals surface area contributed by atoms with E-state index in [-0.39, 0.29) is 0 Å². The molecule has 0 radical (unpaired) electrons. The SMILES string of the molecule is C1CCCC(NC2CCOC2C2CC2)CC1. The van der Waals surface area contributed by atoms with Gasteiger partial charge in [0.2, 0.25) is 0 Å². The van der Waals surface area contributed by atoms with Crippen molar-refractivity contribution in [2.45, 2.75) is 76.0 Å². The van der Waals surface area contributed by atoms with Crippen molar-refractivity contribution in [3.05, 3.63) is 0 Å². The Morgan fingerprint density at radius 2 is 1.56 bits per heavy atom. The molecule has 0 amide bonds. The van der Waals surface area contributed by atoms with Gasteiger partial charge in [0, 0.05) is 18.7 Å². The number of rotatable bonds is 3. The largest absolute Gasteiger partial charge is 0.376 e. The molecule has 92 valence electrons. The van der Waals surface area contributed by atoms with E-state index in [1.54, 1.807) is 0 Å². The van der Waals surface area contributed by atoms with E-state index in [1.165, 1.54) is 57.8 Å². The number of hydrogen-bond donors (Lipinski definition) is 1. The fourth-order valence-corrected chi connectivity index (χ4v) is 3.43. The van der Waals surface area contributed by atoms with Crippen LogP contribution in [0.25, 0.3) is 0 Å². The Morgan fingerprint density at radius 1 is 0.812 bits per heavy atom. The monoisotopic (exact) mass is 223 g/mol. The third-order valence-corrected chi connectivity index (χ3v) is 4.53. The fraction of sp³-hybridized carbons (Fsp3) is 1.00.